The molecular weight excluding hydrogens is 156 g/mol. The van der Waals surface area contributed by atoms with Gasteiger partial charge in [0.25, 0.3) is 0 Å². The van der Waals surface area contributed by atoms with E-state index in [-0.39, 0.29) is 25.0 Å². The average Bonchev–Trinajstić information content (AvgIpc) is 2.33. The molecule has 0 bridgehead atoms. The maximum absolute atomic E-state index is 9.21. The Balaban J connectivity index is 2.18. The Kier molecular flexibility index (Phi) is 1.63. The van der Waals surface area contributed by atoms with Gasteiger partial charge in [0, 0.05) is 18.4 Å². The summed E-state index contributed by atoms with van der Waals surface area (Å²) < 4.78 is 13.0. The molecule has 2 aliphatic rings. The third-order valence-electron chi connectivity index (χ3n) is 3.31. The van der Waals surface area contributed by atoms with E-state index in [1.807, 2.05) is 0 Å². The summed E-state index contributed by atoms with van der Waals surface area (Å²) in [5, 5.41) is 18.3. The summed E-state index contributed by atoms with van der Waals surface area (Å²) in [6.07, 6.45) is 0.819. The molecule has 1 saturated carbocycles. The highest BCUT2D eigenvalue weighted by Gasteiger charge is 2.59. The lowest BCUT2D eigenvalue weighted by Gasteiger charge is -2.49. The van der Waals surface area contributed by atoms with Gasteiger partial charge in [-0.3, -0.25) is 0 Å². The van der Waals surface area contributed by atoms with Crippen molar-refractivity contribution in [2.24, 2.45) is 17.8 Å². The van der Waals surface area contributed by atoms with Gasteiger partial charge in [-0.05, 0) is 12.3 Å². The fraction of sp³-hybridized carbons (Fsp3) is 1.00. The van der Waals surface area contributed by atoms with Crippen molar-refractivity contribution >= 4 is 0 Å². The van der Waals surface area contributed by atoms with Gasteiger partial charge in [-0.25, -0.2) is 0 Å². The molecule has 2 N–H and O–H groups in total. The van der Waals surface area contributed by atoms with Crippen LogP contribution in [0.5, 0.6) is 0 Å². The minimum atomic E-state index is -0.660. The second-order valence-corrected chi connectivity index (χ2v) is 4.03. The van der Waals surface area contributed by atoms with E-state index < -0.39 is 12.2 Å². The Morgan fingerprint density at radius 3 is 2.92 bits per heavy atom. The first kappa shape index (κ1) is 7.30. The molecule has 0 radical (unpaired) electrons. The smallest absolute Gasteiger partial charge is 0.0949 e. The van der Waals surface area contributed by atoms with Crippen LogP contribution >= 0.6 is 0 Å². The van der Waals surface area contributed by atoms with E-state index in [9.17, 15) is 5.11 Å². The molecule has 5 atom stereocenters. The van der Waals surface area contributed by atoms with Crippen molar-refractivity contribution in [1.82, 2.24) is 0 Å². The van der Waals surface area contributed by atoms with Gasteiger partial charge in [0.1, 0.15) is 0 Å². The molecule has 70 valence electrons. The van der Waals surface area contributed by atoms with Crippen LogP contribution in [-0.4, -0.2) is 35.6 Å². The maximum atomic E-state index is 9.21. The Bertz CT molecular complexity index is 211. The topological polar surface area (TPSA) is 49.7 Å². The third-order valence-corrected chi connectivity index (χ3v) is 3.31. The van der Waals surface area contributed by atoms with Crippen molar-refractivity contribution in [2.75, 3.05) is 19.8 Å². The second-order valence-electron chi connectivity index (χ2n) is 4.03. The monoisotopic (exact) mass is 174 g/mol. The van der Waals surface area contributed by atoms with Crippen LogP contribution in [0.3, 0.4) is 0 Å². The highest BCUT2D eigenvalue weighted by Crippen LogP contribution is 2.54. The highest BCUT2D eigenvalue weighted by molar-refractivity contribution is 5.08. The average molecular weight is 174 g/mol. The first-order chi connectivity index (χ1) is 6.14. The molecule has 0 spiro atoms. The molecule has 1 saturated heterocycles. The number of hydrogen-bond acceptors (Lipinski definition) is 3. The molecular formula is C9H16O3. The molecule has 0 aromatic rings. The third kappa shape index (κ3) is 0.873. The summed E-state index contributed by atoms with van der Waals surface area (Å²) >= 11 is 0. The molecule has 0 aromatic heterocycles. The summed E-state index contributed by atoms with van der Waals surface area (Å²) in [7, 11) is 0. The second kappa shape index (κ2) is 2.69. The minimum absolute atomic E-state index is 0.00900. The molecule has 0 aromatic carbocycles. The van der Waals surface area contributed by atoms with Gasteiger partial charge in [-0.2, -0.15) is 0 Å². The van der Waals surface area contributed by atoms with Crippen molar-refractivity contribution < 1.29 is 16.3 Å². The van der Waals surface area contributed by atoms with Crippen LogP contribution in [0.15, 0.2) is 0 Å². The van der Waals surface area contributed by atoms with E-state index in [0.717, 1.165) is 6.42 Å². The molecule has 1 aliphatic carbocycles. The van der Waals surface area contributed by atoms with Gasteiger partial charge >= 0.3 is 0 Å². The largest absolute Gasteiger partial charge is 0.396 e. The number of aliphatic hydroxyl groups is 2. The Morgan fingerprint density at radius 2 is 2.42 bits per heavy atom. The predicted molar refractivity (Wildman–Crippen MR) is 43.6 cm³/mol. The van der Waals surface area contributed by atoms with E-state index >= 15 is 0 Å². The zero-order chi connectivity index (χ0) is 9.64. The number of hydrogen-bond donors (Lipinski definition) is 2. The number of ether oxygens (including phenoxy) is 1. The highest BCUT2D eigenvalue weighted by atomic mass is 16.5. The molecule has 2 rings (SSSR count). The number of rotatable bonds is 2. The Morgan fingerprint density at radius 1 is 1.67 bits per heavy atom. The van der Waals surface area contributed by atoms with Crippen LogP contribution in [0, 0.1) is 17.8 Å². The van der Waals surface area contributed by atoms with Crippen molar-refractivity contribution in [2.45, 2.75) is 18.9 Å². The lowest BCUT2D eigenvalue weighted by molar-refractivity contribution is -0.145. The van der Waals surface area contributed by atoms with Crippen molar-refractivity contribution in [3.8, 4) is 0 Å². The van der Waals surface area contributed by atoms with Crippen molar-refractivity contribution in [1.29, 1.82) is 0 Å². The van der Waals surface area contributed by atoms with Gasteiger partial charge in [-0.1, -0.05) is 6.92 Å². The lowest BCUT2D eigenvalue weighted by atomic mass is 9.59. The quantitative estimate of drug-likeness (QED) is 0.620. The summed E-state index contributed by atoms with van der Waals surface area (Å²) in [5.41, 5.74) is -0.501. The number of fused-ring (bicyclic) bond motifs is 1. The Labute approximate surface area is 73.8 Å². The molecule has 1 heterocycles. The summed E-state index contributed by atoms with van der Waals surface area (Å²) in [4.78, 5) is 0. The van der Waals surface area contributed by atoms with Gasteiger partial charge in [-0.15, -0.1) is 0 Å². The standard InChI is InChI=1S/C9H16O3/c1-6-2-9(5-11)8(6)7(3-10)4-12-9/h6-8,10-11H,2-5H2,1H3/t6?,7?,8-,9-/m1/s1/i4T/t4?,6?,7?,8-,9-. The zero-order valence-corrected chi connectivity index (χ0v) is 7.23. The van der Waals surface area contributed by atoms with E-state index in [1.54, 1.807) is 0 Å². The van der Waals surface area contributed by atoms with Crippen molar-refractivity contribution in [3.05, 3.63) is 0 Å². The van der Waals surface area contributed by atoms with Gasteiger partial charge in [0.2, 0.25) is 0 Å². The molecule has 3 unspecified atom stereocenters. The molecule has 12 heavy (non-hydrogen) atoms. The zero-order valence-electron chi connectivity index (χ0n) is 8.23. The van der Waals surface area contributed by atoms with E-state index in [2.05, 4.69) is 6.92 Å². The van der Waals surface area contributed by atoms with Crippen molar-refractivity contribution in [3.63, 3.8) is 0 Å². The summed E-state index contributed by atoms with van der Waals surface area (Å²) in [5.74, 6) is 0.514. The van der Waals surface area contributed by atoms with Gasteiger partial charge in [0.05, 0.1) is 20.2 Å². The van der Waals surface area contributed by atoms with Gasteiger partial charge in [0.15, 0.2) is 0 Å². The lowest BCUT2D eigenvalue weighted by Crippen LogP contribution is -2.55. The van der Waals surface area contributed by atoms with Crippen LogP contribution in [0.4, 0.5) is 0 Å². The fourth-order valence-corrected chi connectivity index (χ4v) is 2.78. The Hall–Kier alpha value is -0.120. The van der Waals surface area contributed by atoms with Crippen LogP contribution in [-0.2, 0) is 4.74 Å². The summed E-state index contributed by atoms with van der Waals surface area (Å²) in [6, 6.07) is 0. The minimum Gasteiger partial charge on any atom is -0.396 e. The van der Waals surface area contributed by atoms with Gasteiger partial charge < -0.3 is 14.9 Å². The molecule has 3 nitrogen and oxygen atoms in total. The van der Waals surface area contributed by atoms with E-state index in [4.69, 9.17) is 11.2 Å². The van der Waals surface area contributed by atoms with Crippen LogP contribution in [0.25, 0.3) is 0 Å². The molecule has 2 fully saturated rings. The molecule has 0 amide bonds. The van der Waals surface area contributed by atoms with Crippen LogP contribution < -0.4 is 0 Å². The first-order valence-electron chi connectivity index (χ1n) is 5.04. The molecule has 1 aliphatic heterocycles. The van der Waals surface area contributed by atoms with E-state index in [1.165, 1.54) is 0 Å². The SMILES string of the molecule is [3H]C1O[C@@]2(CO)CC(C)[C@@H]2C1CO. The predicted octanol–water partition coefficient (Wildman–Crippen LogP) is 0.0122. The maximum Gasteiger partial charge on any atom is 0.0949 e. The van der Waals surface area contributed by atoms with Crippen LogP contribution in [0.1, 0.15) is 14.7 Å². The van der Waals surface area contributed by atoms with E-state index in [0.29, 0.717) is 5.92 Å². The van der Waals surface area contributed by atoms with Crippen LogP contribution in [0.2, 0.25) is 0 Å². The molecule has 3 heteroatoms. The first-order valence-corrected chi connectivity index (χ1v) is 4.46. The fourth-order valence-electron chi connectivity index (χ4n) is 2.78. The normalized spacial score (nSPS) is 59.1. The summed E-state index contributed by atoms with van der Waals surface area (Å²) in [6.45, 7) is 1.40. The number of aliphatic hydroxyl groups excluding tert-OH is 2.